The first-order valence-electron chi connectivity index (χ1n) is 5.55. The quantitative estimate of drug-likeness (QED) is 0.700. The molecule has 18 heavy (non-hydrogen) atoms. The number of rotatable bonds is 3. The molecule has 2 aromatic rings. The van der Waals surface area contributed by atoms with Crippen molar-refractivity contribution in [3.63, 3.8) is 0 Å². The Morgan fingerprint density at radius 3 is 2.50 bits per heavy atom. The van der Waals surface area contributed by atoms with Crippen LogP contribution in [0.2, 0.25) is 0 Å². The van der Waals surface area contributed by atoms with Crippen LogP contribution in [-0.4, -0.2) is 15.6 Å². The van der Waals surface area contributed by atoms with Gasteiger partial charge in [0.25, 0.3) is 0 Å². The molecule has 4 nitrogen and oxygen atoms in total. The van der Waals surface area contributed by atoms with Gasteiger partial charge >= 0.3 is 0 Å². The third-order valence-corrected chi connectivity index (χ3v) is 3.85. The van der Waals surface area contributed by atoms with E-state index in [0.29, 0.717) is 17.7 Å². The lowest BCUT2D eigenvalue weighted by Crippen LogP contribution is -2.08. The van der Waals surface area contributed by atoms with Gasteiger partial charge in [0.15, 0.2) is 5.78 Å². The summed E-state index contributed by atoms with van der Waals surface area (Å²) in [5.41, 5.74) is 8.69. The van der Waals surface area contributed by atoms with Crippen LogP contribution in [0.4, 0.5) is 5.69 Å². The molecule has 1 aromatic heterocycles. The average Bonchev–Trinajstić information content (AvgIpc) is 2.57. The minimum absolute atomic E-state index is 0.0544. The van der Waals surface area contributed by atoms with Crippen LogP contribution in [0.3, 0.4) is 0 Å². The van der Waals surface area contributed by atoms with Crippen molar-refractivity contribution >= 4 is 27.4 Å². The summed E-state index contributed by atoms with van der Waals surface area (Å²) in [6.07, 6.45) is 0.321. The molecule has 0 aliphatic carbocycles. The highest BCUT2D eigenvalue weighted by Crippen LogP contribution is 2.22. The molecule has 2 rings (SSSR count). The van der Waals surface area contributed by atoms with Crippen molar-refractivity contribution in [3.8, 4) is 0 Å². The van der Waals surface area contributed by atoms with Gasteiger partial charge < -0.3 is 5.73 Å². The highest BCUT2D eigenvalue weighted by molar-refractivity contribution is 9.10. The number of aryl methyl sites for hydroxylation is 2. The van der Waals surface area contributed by atoms with Crippen LogP contribution in [0, 0.1) is 6.92 Å². The number of carbonyl (C=O) groups excluding carboxylic acids is 1. The zero-order valence-corrected chi connectivity index (χ0v) is 11.9. The number of nitrogens with two attached hydrogens (primary N) is 1. The average molecular weight is 308 g/mol. The van der Waals surface area contributed by atoms with E-state index in [-0.39, 0.29) is 5.78 Å². The van der Waals surface area contributed by atoms with Gasteiger partial charge in [-0.3, -0.25) is 9.48 Å². The van der Waals surface area contributed by atoms with E-state index in [0.717, 1.165) is 15.9 Å². The van der Waals surface area contributed by atoms with E-state index in [4.69, 9.17) is 5.73 Å². The first kappa shape index (κ1) is 12.8. The van der Waals surface area contributed by atoms with Gasteiger partial charge in [0.05, 0.1) is 22.3 Å². The first-order valence-corrected chi connectivity index (χ1v) is 6.35. The smallest absolute Gasteiger partial charge is 0.168 e. The van der Waals surface area contributed by atoms with E-state index in [2.05, 4.69) is 21.0 Å². The van der Waals surface area contributed by atoms with Gasteiger partial charge in [-0.2, -0.15) is 5.10 Å². The van der Waals surface area contributed by atoms with Gasteiger partial charge in [-0.25, -0.2) is 0 Å². The number of nitrogen functional groups attached to an aromatic ring is 1. The Morgan fingerprint density at radius 1 is 1.39 bits per heavy atom. The highest BCUT2D eigenvalue weighted by atomic mass is 79.9. The summed E-state index contributed by atoms with van der Waals surface area (Å²) in [5, 5.41) is 4.27. The Morgan fingerprint density at radius 2 is 2.00 bits per heavy atom. The molecular formula is C13H14BrN3O. The molecule has 0 saturated carbocycles. The molecule has 0 aliphatic rings. The van der Waals surface area contributed by atoms with Crippen molar-refractivity contribution in [2.24, 2.45) is 7.05 Å². The minimum atomic E-state index is 0.0544. The van der Waals surface area contributed by atoms with Crippen LogP contribution < -0.4 is 5.73 Å². The summed E-state index contributed by atoms with van der Waals surface area (Å²) in [5.74, 6) is 0.0544. The van der Waals surface area contributed by atoms with E-state index in [1.54, 1.807) is 28.9 Å². The predicted octanol–water partition coefficient (Wildman–Crippen LogP) is 2.50. The number of nitrogens with zero attached hydrogens (tertiary/aromatic N) is 2. The number of Topliss-reactive ketones (excluding diaryl/α,β-unsaturated/α-hetero) is 1. The number of ketones is 1. The van der Waals surface area contributed by atoms with Gasteiger partial charge in [-0.15, -0.1) is 0 Å². The van der Waals surface area contributed by atoms with Gasteiger partial charge in [0, 0.05) is 18.3 Å². The van der Waals surface area contributed by atoms with E-state index in [1.165, 1.54) is 0 Å². The minimum Gasteiger partial charge on any atom is -0.399 e. The van der Waals surface area contributed by atoms with Crippen molar-refractivity contribution in [3.05, 3.63) is 45.7 Å². The number of benzene rings is 1. The molecule has 0 amide bonds. The summed E-state index contributed by atoms with van der Waals surface area (Å²) in [6.45, 7) is 1.90. The maximum atomic E-state index is 12.1. The number of halogens is 1. The topological polar surface area (TPSA) is 60.9 Å². The lowest BCUT2D eigenvalue weighted by atomic mass is 10.1. The maximum Gasteiger partial charge on any atom is 0.168 e. The zero-order valence-electron chi connectivity index (χ0n) is 10.3. The molecule has 0 aliphatic heterocycles. The molecule has 0 saturated heterocycles. The Hall–Kier alpha value is -1.62. The number of hydrogen-bond acceptors (Lipinski definition) is 3. The Labute approximate surface area is 114 Å². The summed E-state index contributed by atoms with van der Waals surface area (Å²) in [7, 11) is 1.84. The van der Waals surface area contributed by atoms with Crippen molar-refractivity contribution in [1.29, 1.82) is 0 Å². The lowest BCUT2D eigenvalue weighted by molar-refractivity contribution is 0.0990. The third-order valence-electron chi connectivity index (χ3n) is 2.82. The molecule has 2 N–H and O–H groups in total. The molecule has 0 radical (unpaired) electrons. The predicted molar refractivity (Wildman–Crippen MR) is 74.5 cm³/mol. The van der Waals surface area contributed by atoms with Gasteiger partial charge in [-0.1, -0.05) is 0 Å². The molecule has 0 atom stereocenters. The van der Waals surface area contributed by atoms with Crippen LogP contribution >= 0.6 is 15.9 Å². The zero-order chi connectivity index (χ0) is 13.3. The SMILES string of the molecule is Cc1nn(C)c(CC(=O)c2ccc(N)cc2)c1Br. The molecule has 5 heteroatoms. The van der Waals surface area contributed by atoms with Crippen LogP contribution in [-0.2, 0) is 13.5 Å². The number of anilines is 1. The third kappa shape index (κ3) is 2.46. The second kappa shape index (κ2) is 4.94. The van der Waals surface area contributed by atoms with Crippen molar-refractivity contribution in [2.75, 3.05) is 5.73 Å². The molecule has 94 valence electrons. The Kier molecular flexibility index (Phi) is 3.52. The maximum absolute atomic E-state index is 12.1. The fourth-order valence-corrected chi connectivity index (χ4v) is 2.27. The summed E-state index contributed by atoms with van der Waals surface area (Å²) < 4.78 is 2.63. The van der Waals surface area contributed by atoms with E-state index in [9.17, 15) is 4.79 Å². The van der Waals surface area contributed by atoms with Crippen LogP contribution in [0.15, 0.2) is 28.7 Å². The lowest BCUT2D eigenvalue weighted by Gasteiger charge is -2.03. The molecule has 0 unspecified atom stereocenters. The van der Waals surface area contributed by atoms with Crippen molar-refractivity contribution < 1.29 is 4.79 Å². The van der Waals surface area contributed by atoms with E-state index >= 15 is 0 Å². The van der Waals surface area contributed by atoms with Crippen molar-refractivity contribution in [1.82, 2.24) is 9.78 Å². The van der Waals surface area contributed by atoms with Crippen molar-refractivity contribution in [2.45, 2.75) is 13.3 Å². The second-order valence-electron chi connectivity index (χ2n) is 4.19. The van der Waals surface area contributed by atoms with Gasteiger partial charge in [0.1, 0.15) is 0 Å². The molecule has 0 bridgehead atoms. The molecule has 0 fully saturated rings. The standard InChI is InChI=1S/C13H14BrN3O/c1-8-13(14)11(17(2)16-8)7-12(18)9-3-5-10(15)6-4-9/h3-6H,7,15H2,1-2H3. The monoisotopic (exact) mass is 307 g/mol. The van der Waals surface area contributed by atoms with E-state index in [1.807, 2.05) is 14.0 Å². The summed E-state index contributed by atoms with van der Waals surface area (Å²) in [4.78, 5) is 12.1. The number of aromatic nitrogens is 2. The fourth-order valence-electron chi connectivity index (χ4n) is 1.80. The Bertz CT molecular complexity index is 587. The number of hydrogen-bond donors (Lipinski definition) is 1. The second-order valence-corrected chi connectivity index (χ2v) is 4.98. The first-order chi connectivity index (χ1) is 8.49. The van der Waals surface area contributed by atoms with Gasteiger partial charge in [-0.05, 0) is 47.1 Å². The van der Waals surface area contributed by atoms with Gasteiger partial charge in [0.2, 0.25) is 0 Å². The molecular weight excluding hydrogens is 294 g/mol. The fraction of sp³-hybridized carbons (Fsp3) is 0.231. The normalized spacial score (nSPS) is 10.6. The highest BCUT2D eigenvalue weighted by Gasteiger charge is 2.15. The van der Waals surface area contributed by atoms with E-state index < -0.39 is 0 Å². The molecule has 1 heterocycles. The summed E-state index contributed by atoms with van der Waals surface area (Å²) in [6, 6.07) is 6.96. The molecule has 1 aromatic carbocycles. The Balaban J connectivity index is 2.24. The number of carbonyl (C=O) groups is 1. The van der Waals surface area contributed by atoms with Crippen LogP contribution in [0.25, 0.3) is 0 Å². The summed E-state index contributed by atoms with van der Waals surface area (Å²) >= 11 is 3.46. The van der Waals surface area contributed by atoms with Crippen LogP contribution in [0.5, 0.6) is 0 Å². The molecule has 0 spiro atoms. The van der Waals surface area contributed by atoms with Crippen LogP contribution in [0.1, 0.15) is 21.7 Å². The largest absolute Gasteiger partial charge is 0.399 e.